The number of rotatable bonds is 7. The lowest BCUT2D eigenvalue weighted by molar-refractivity contribution is 0.415. The van der Waals surface area contributed by atoms with Crippen LogP contribution in [0.15, 0.2) is 92.6 Å². The van der Waals surface area contributed by atoms with Crippen LogP contribution < -0.4 is 9.47 Å². The van der Waals surface area contributed by atoms with Crippen molar-refractivity contribution in [3.63, 3.8) is 0 Å². The van der Waals surface area contributed by atoms with Gasteiger partial charge in [-0.1, -0.05) is 17.7 Å². The fourth-order valence-corrected chi connectivity index (χ4v) is 4.12. The van der Waals surface area contributed by atoms with Gasteiger partial charge in [0.1, 0.15) is 23.0 Å². The summed E-state index contributed by atoms with van der Waals surface area (Å²) in [6.07, 6.45) is 1.32. The molecule has 0 N–H and O–H groups in total. The van der Waals surface area contributed by atoms with Crippen LogP contribution in [0.3, 0.4) is 0 Å². The standard InChI is InChI=1S/C26H23NO5S/c1-18-4-14-24(15-5-18)33(28,29)27-17-21-16-25(19-6-10-22(30-2)11-7-19)32-26(21)20-8-12-23(31-3)13-9-20/h4-17H,1-3H3/b27-17+. The summed E-state index contributed by atoms with van der Waals surface area (Å²) >= 11 is 0. The van der Waals surface area contributed by atoms with E-state index in [0.717, 1.165) is 22.4 Å². The lowest BCUT2D eigenvalue weighted by Gasteiger charge is -2.03. The summed E-state index contributed by atoms with van der Waals surface area (Å²) in [7, 11) is -0.659. The summed E-state index contributed by atoms with van der Waals surface area (Å²) in [4.78, 5) is 0.134. The molecule has 7 heteroatoms. The van der Waals surface area contributed by atoms with Crippen LogP contribution >= 0.6 is 0 Å². The average molecular weight is 462 g/mol. The van der Waals surface area contributed by atoms with Crippen LogP contribution in [0, 0.1) is 6.92 Å². The summed E-state index contributed by atoms with van der Waals surface area (Å²) in [5.41, 5.74) is 3.11. The number of aryl methyl sites for hydroxylation is 1. The molecule has 33 heavy (non-hydrogen) atoms. The van der Waals surface area contributed by atoms with E-state index >= 15 is 0 Å². The minimum atomic E-state index is -3.86. The van der Waals surface area contributed by atoms with Gasteiger partial charge in [-0.25, -0.2) is 0 Å². The van der Waals surface area contributed by atoms with Crippen molar-refractivity contribution in [3.05, 3.63) is 90.0 Å². The molecule has 0 fully saturated rings. The van der Waals surface area contributed by atoms with E-state index in [2.05, 4.69) is 4.40 Å². The van der Waals surface area contributed by atoms with Crippen LogP contribution in [0.5, 0.6) is 11.5 Å². The molecular weight excluding hydrogens is 438 g/mol. The normalized spacial score (nSPS) is 11.6. The SMILES string of the molecule is COc1ccc(-c2cc(/C=N/S(=O)(=O)c3ccc(C)cc3)c(-c3ccc(OC)cc3)o2)cc1. The zero-order valence-corrected chi connectivity index (χ0v) is 19.3. The minimum absolute atomic E-state index is 0.134. The van der Waals surface area contributed by atoms with E-state index in [-0.39, 0.29) is 4.90 Å². The van der Waals surface area contributed by atoms with Crippen molar-refractivity contribution in [3.8, 4) is 34.1 Å². The molecule has 4 aromatic rings. The molecular formula is C26H23NO5S. The minimum Gasteiger partial charge on any atom is -0.497 e. The molecule has 0 bridgehead atoms. The van der Waals surface area contributed by atoms with Crippen molar-refractivity contribution >= 4 is 16.2 Å². The number of hydrogen-bond donors (Lipinski definition) is 0. The summed E-state index contributed by atoms with van der Waals surface area (Å²) in [6.45, 7) is 1.90. The van der Waals surface area contributed by atoms with Gasteiger partial charge >= 0.3 is 0 Å². The van der Waals surface area contributed by atoms with E-state index in [4.69, 9.17) is 13.9 Å². The quantitative estimate of drug-likeness (QED) is 0.328. The van der Waals surface area contributed by atoms with E-state index < -0.39 is 10.0 Å². The molecule has 0 saturated carbocycles. The molecule has 0 aliphatic heterocycles. The molecule has 4 rings (SSSR count). The van der Waals surface area contributed by atoms with Crippen LogP contribution in [-0.2, 0) is 10.0 Å². The summed E-state index contributed by atoms with van der Waals surface area (Å²) < 4.78 is 46.0. The number of nitrogens with zero attached hydrogens (tertiary/aromatic N) is 1. The Morgan fingerprint density at radius 2 is 1.33 bits per heavy atom. The Balaban J connectivity index is 1.76. The Morgan fingerprint density at radius 3 is 1.88 bits per heavy atom. The molecule has 6 nitrogen and oxygen atoms in total. The Morgan fingerprint density at radius 1 is 0.788 bits per heavy atom. The number of sulfonamides is 1. The molecule has 0 unspecified atom stereocenters. The van der Waals surface area contributed by atoms with Gasteiger partial charge in [0.15, 0.2) is 0 Å². The van der Waals surface area contributed by atoms with Crippen LogP contribution in [0.1, 0.15) is 11.1 Å². The van der Waals surface area contributed by atoms with Crippen LogP contribution in [-0.4, -0.2) is 28.9 Å². The first-order valence-corrected chi connectivity index (χ1v) is 11.6. The molecule has 0 amide bonds. The predicted molar refractivity (Wildman–Crippen MR) is 129 cm³/mol. The Bertz CT molecular complexity index is 1370. The average Bonchev–Trinajstić information content (AvgIpc) is 3.27. The third-order valence-electron chi connectivity index (χ3n) is 5.14. The van der Waals surface area contributed by atoms with Crippen molar-refractivity contribution in [1.82, 2.24) is 0 Å². The maximum absolute atomic E-state index is 12.7. The first-order valence-electron chi connectivity index (χ1n) is 10.2. The fraction of sp³-hybridized carbons (Fsp3) is 0.115. The number of furan rings is 1. The second kappa shape index (κ2) is 9.34. The second-order valence-electron chi connectivity index (χ2n) is 7.37. The zero-order chi connectivity index (χ0) is 23.4. The number of benzene rings is 3. The van der Waals surface area contributed by atoms with Crippen LogP contribution in [0.25, 0.3) is 22.6 Å². The molecule has 1 aromatic heterocycles. The van der Waals surface area contributed by atoms with Crippen molar-refractivity contribution in [2.45, 2.75) is 11.8 Å². The molecule has 0 radical (unpaired) electrons. The maximum Gasteiger partial charge on any atom is 0.282 e. The number of ether oxygens (including phenoxy) is 2. The van der Waals surface area contributed by atoms with Gasteiger partial charge in [0.2, 0.25) is 0 Å². The smallest absolute Gasteiger partial charge is 0.282 e. The first-order chi connectivity index (χ1) is 15.9. The van der Waals surface area contributed by atoms with Crippen LogP contribution in [0.4, 0.5) is 0 Å². The Labute approximate surface area is 193 Å². The van der Waals surface area contributed by atoms with E-state index in [0.29, 0.717) is 22.8 Å². The molecule has 0 atom stereocenters. The van der Waals surface area contributed by atoms with Crippen molar-refractivity contribution in [2.24, 2.45) is 4.40 Å². The predicted octanol–water partition coefficient (Wildman–Crippen LogP) is 5.75. The third-order valence-corrected chi connectivity index (χ3v) is 6.39. The molecule has 0 spiro atoms. The van der Waals surface area contributed by atoms with E-state index in [1.165, 1.54) is 6.21 Å². The van der Waals surface area contributed by atoms with E-state index in [1.807, 2.05) is 55.5 Å². The lowest BCUT2D eigenvalue weighted by Crippen LogP contribution is -1.98. The second-order valence-corrected chi connectivity index (χ2v) is 9.01. The maximum atomic E-state index is 12.7. The molecule has 0 saturated heterocycles. The van der Waals surface area contributed by atoms with Gasteiger partial charge in [-0.05, 0) is 73.7 Å². The highest BCUT2D eigenvalue weighted by atomic mass is 32.2. The molecule has 3 aromatic carbocycles. The van der Waals surface area contributed by atoms with E-state index in [9.17, 15) is 8.42 Å². The summed E-state index contributed by atoms with van der Waals surface area (Å²) in [5.74, 6) is 2.52. The lowest BCUT2D eigenvalue weighted by atomic mass is 10.1. The van der Waals surface area contributed by atoms with Gasteiger partial charge < -0.3 is 13.9 Å². The van der Waals surface area contributed by atoms with Gasteiger partial charge in [-0.15, -0.1) is 0 Å². The zero-order valence-electron chi connectivity index (χ0n) is 18.5. The van der Waals surface area contributed by atoms with Crippen LogP contribution in [0.2, 0.25) is 0 Å². The molecule has 1 heterocycles. The molecule has 0 aliphatic rings. The summed E-state index contributed by atoms with van der Waals surface area (Å²) in [6, 6.07) is 23.1. The van der Waals surface area contributed by atoms with E-state index in [1.54, 1.807) is 44.6 Å². The monoisotopic (exact) mass is 461 g/mol. The largest absolute Gasteiger partial charge is 0.497 e. The Hall–Kier alpha value is -3.84. The van der Waals surface area contributed by atoms with Gasteiger partial charge in [0, 0.05) is 16.7 Å². The van der Waals surface area contributed by atoms with Gasteiger partial charge in [-0.2, -0.15) is 12.8 Å². The van der Waals surface area contributed by atoms with Gasteiger partial charge in [0.25, 0.3) is 10.0 Å². The molecule has 0 aliphatic carbocycles. The van der Waals surface area contributed by atoms with Crippen molar-refractivity contribution in [1.29, 1.82) is 0 Å². The summed E-state index contributed by atoms with van der Waals surface area (Å²) in [5, 5.41) is 0. The topological polar surface area (TPSA) is 78.1 Å². The number of hydrogen-bond acceptors (Lipinski definition) is 5. The Kier molecular flexibility index (Phi) is 6.33. The third kappa shape index (κ3) is 4.99. The fourth-order valence-electron chi connectivity index (χ4n) is 3.26. The number of methoxy groups -OCH3 is 2. The van der Waals surface area contributed by atoms with Gasteiger partial charge in [0.05, 0.1) is 25.3 Å². The molecule has 168 valence electrons. The highest BCUT2D eigenvalue weighted by molar-refractivity contribution is 7.90. The van der Waals surface area contributed by atoms with Gasteiger partial charge in [-0.3, -0.25) is 0 Å². The highest BCUT2D eigenvalue weighted by Gasteiger charge is 2.16. The first kappa shape index (κ1) is 22.4. The van der Waals surface area contributed by atoms with Crippen molar-refractivity contribution in [2.75, 3.05) is 14.2 Å². The van der Waals surface area contributed by atoms with Crippen molar-refractivity contribution < 1.29 is 22.3 Å². The highest BCUT2D eigenvalue weighted by Crippen LogP contribution is 2.33.